The molecular formula is C7H13BF3KN2O. The van der Waals surface area contributed by atoms with Crippen molar-refractivity contribution in [2.45, 2.75) is 18.9 Å². The second-order valence-electron chi connectivity index (χ2n) is 3.48. The van der Waals surface area contributed by atoms with Crippen LogP contribution < -0.4 is 56.7 Å². The van der Waals surface area contributed by atoms with Crippen molar-refractivity contribution in [3.8, 4) is 0 Å². The number of nitrogens with zero attached hydrogens (tertiary/aromatic N) is 1. The molecule has 1 heterocycles. The molecule has 1 aliphatic rings. The molecule has 1 amide bonds. The average Bonchev–Trinajstić information content (AvgIpc) is 2.48. The van der Waals surface area contributed by atoms with E-state index >= 15 is 0 Å². The summed E-state index contributed by atoms with van der Waals surface area (Å²) in [6, 6.07) is -0.594. The zero-order chi connectivity index (χ0) is 10.8. The Morgan fingerprint density at radius 2 is 2.13 bits per heavy atom. The van der Waals surface area contributed by atoms with Crippen LogP contribution in [0.3, 0.4) is 0 Å². The quantitative estimate of drug-likeness (QED) is 0.564. The van der Waals surface area contributed by atoms with Crippen molar-refractivity contribution in [1.29, 1.82) is 0 Å². The first-order valence-electron chi connectivity index (χ1n) is 4.60. The summed E-state index contributed by atoms with van der Waals surface area (Å²) >= 11 is 0. The molecule has 1 unspecified atom stereocenters. The Kier molecular flexibility index (Phi) is 7.01. The zero-order valence-corrected chi connectivity index (χ0v) is 12.1. The molecule has 0 aliphatic carbocycles. The van der Waals surface area contributed by atoms with Gasteiger partial charge in [-0.25, -0.2) is 0 Å². The Labute approximate surface area is 130 Å². The standard InChI is InChI=1S/C7H13BF3N2O.K/c1-12-7(14)6-3-2-4-13(6)5-8(9,10)11;/h6H,2-5H2,1H3,(H,12,14);/q-1;+1. The summed E-state index contributed by atoms with van der Waals surface area (Å²) in [7, 11) is 1.44. The van der Waals surface area contributed by atoms with E-state index in [4.69, 9.17) is 0 Å². The molecular weight excluding hydrogens is 235 g/mol. The Morgan fingerprint density at radius 3 is 2.60 bits per heavy atom. The Morgan fingerprint density at radius 1 is 1.53 bits per heavy atom. The van der Waals surface area contributed by atoms with Crippen molar-refractivity contribution in [2.75, 3.05) is 20.0 Å². The van der Waals surface area contributed by atoms with Crippen molar-refractivity contribution in [1.82, 2.24) is 10.2 Å². The van der Waals surface area contributed by atoms with Gasteiger partial charge in [-0.15, -0.1) is 0 Å². The van der Waals surface area contributed by atoms with Crippen LogP contribution in [0.15, 0.2) is 0 Å². The summed E-state index contributed by atoms with van der Waals surface area (Å²) < 4.78 is 36.4. The molecule has 3 nitrogen and oxygen atoms in total. The molecule has 1 aliphatic heterocycles. The van der Waals surface area contributed by atoms with Crippen molar-refractivity contribution in [3.05, 3.63) is 0 Å². The summed E-state index contributed by atoms with van der Waals surface area (Å²) in [6.45, 7) is -4.47. The number of nitrogens with one attached hydrogen (secondary N) is 1. The van der Waals surface area contributed by atoms with E-state index in [1.165, 1.54) is 11.9 Å². The van der Waals surface area contributed by atoms with Crippen LogP contribution in [-0.4, -0.2) is 43.9 Å². The van der Waals surface area contributed by atoms with Crippen LogP contribution in [0, 0.1) is 0 Å². The van der Waals surface area contributed by atoms with Crippen molar-refractivity contribution >= 4 is 12.9 Å². The van der Waals surface area contributed by atoms with Crippen molar-refractivity contribution in [2.24, 2.45) is 0 Å². The average molecular weight is 248 g/mol. The van der Waals surface area contributed by atoms with E-state index in [1.807, 2.05) is 0 Å². The van der Waals surface area contributed by atoms with Gasteiger partial charge in [0.05, 0.1) is 6.04 Å². The van der Waals surface area contributed by atoms with Gasteiger partial charge in [0.15, 0.2) is 0 Å². The van der Waals surface area contributed by atoms with Gasteiger partial charge in [0.25, 0.3) is 0 Å². The van der Waals surface area contributed by atoms with Gasteiger partial charge in [0.2, 0.25) is 5.91 Å². The fraction of sp³-hybridized carbons (Fsp3) is 0.857. The summed E-state index contributed by atoms with van der Waals surface area (Å²) in [5, 5.41) is 2.38. The van der Waals surface area contributed by atoms with Gasteiger partial charge >= 0.3 is 58.4 Å². The summed E-state index contributed by atoms with van der Waals surface area (Å²) in [5.41, 5.74) is 0. The minimum Gasteiger partial charge on any atom is -0.448 e. The van der Waals surface area contributed by atoms with E-state index in [0.29, 0.717) is 19.4 Å². The monoisotopic (exact) mass is 248 g/mol. The molecule has 8 heteroatoms. The number of hydrogen-bond acceptors (Lipinski definition) is 2. The van der Waals surface area contributed by atoms with Gasteiger partial charge in [-0.3, -0.25) is 4.79 Å². The fourth-order valence-corrected chi connectivity index (χ4v) is 1.77. The van der Waals surface area contributed by atoms with Gasteiger partial charge in [-0.05, 0) is 25.8 Å². The molecule has 0 bridgehead atoms. The van der Waals surface area contributed by atoms with Gasteiger partial charge in [0.1, 0.15) is 0 Å². The van der Waals surface area contributed by atoms with Crippen LogP contribution in [0.25, 0.3) is 0 Å². The Balaban J connectivity index is 0.00000196. The molecule has 0 radical (unpaired) electrons. The van der Waals surface area contributed by atoms with Crippen LogP contribution in [-0.2, 0) is 4.79 Å². The third-order valence-corrected chi connectivity index (χ3v) is 2.35. The molecule has 1 fully saturated rings. The van der Waals surface area contributed by atoms with Gasteiger partial charge in [-0.1, -0.05) is 0 Å². The zero-order valence-electron chi connectivity index (χ0n) is 8.97. The third-order valence-electron chi connectivity index (χ3n) is 2.35. The molecule has 0 spiro atoms. The predicted octanol–water partition coefficient (Wildman–Crippen LogP) is -2.41. The first-order valence-corrected chi connectivity index (χ1v) is 4.60. The number of rotatable bonds is 3. The van der Waals surface area contributed by atoms with Gasteiger partial charge in [0, 0.05) is 7.05 Å². The number of halogens is 3. The number of amides is 1. The number of likely N-dealkylation sites (N-methyl/N-ethyl adjacent to an activating group) is 1. The SMILES string of the molecule is CNC(=O)C1CCCN1C[B-](F)(F)F.[K+]. The fourth-order valence-electron chi connectivity index (χ4n) is 1.77. The molecule has 0 aromatic carbocycles. The second kappa shape index (κ2) is 6.61. The van der Waals surface area contributed by atoms with E-state index in [1.54, 1.807) is 0 Å². The molecule has 0 saturated carbocycles. The largest absolute Gasteiger partial charge is 1.00 e. The second-order valence-corrected chi connectivity index (χ2v) is 3.48. The first-order chi connectivity index (χ1) is 6.44. The molecule has 1 atom stereocenters. The van der Waals surface area contributed by atoms with Crippen molar-refractivity contribution < 1.29 is 69.1 Å². The van der Waals surface area contributed by atoms with Crippen LogP contribution >= 0.6 is 0 Å². The summed E-state index contributed by atoms with van der Waals surface area (Å²) in [6.07, 6.45) is 0.244. The van der Waals surface area contributed by atoms with E-state index in [0.717, 1.165) is 0 Å². The van der Waals surface area contributed by atoms with E-state index in [-0.39, 0.29) is 57.3 Å². The predicted molar refractivity (Wildman–Crippen MR) is 47.7 cm³/mol. The minimum absolute atomic E-state index is 0. The maximum absolute atomic E-state index is 12.1. The van der Waals surface area contributed by atoms with Crippen LogP contribution in [0.4, 0.5) is 12.9 Å². The normalized spacial score (nSPS) is 22.3. The number of carbonyl (C=O) groups is 1. The third kappa shape index (κ3) is 5.18. The van der Waals surface area contributed by atoms with E-state index in [9.17, 15) is 17.7 Å². The summed E-state index contributed by atoms with van der Waals surface area (Å²) in [4.78, 5) is 12.4. The van der Waals surface area contributed by atoms with Crippen LogP contribution in [0.2, 0.25) is 0 Å². The van der Waals surface area contributed by atoms with E-state index < -0.39 is 19.5 Å². The van der Waals surface area contributed by atoms with Gasteiger partial charge in [-0.2, -0.15) is 0 Å². The molecule has 0 aromatic heterocycles. The number of hydrogen-bond donors (Lipinski definition) is 1. The number of carbonyl (C=O) groups excluding carboxylic acids is 1. The first kappa shape index (κ1) is 15.9. The minimum atomic E-state index is -4.83. The molecule has 82 valence electrons. The molecule has 1 N–H and O–H groups in total. The molecule has 1 rings (SSSR count). The van der Waals surface area contributed by atoms with E-state index in [2.05, 4.69) is 5.32 Å². The van der Waals surface area contributed by atoms with Crippen molar-refractivity contribution in [3.63, 3.8) is 0 Å². The van der Waals surface area contributed by atoms with Gasteiger partial charge < -0.3 is 23.2 Å². The maximum Gasteiger partial charge on any atom is 1.00 e. The molecule has 1 saturated heterocycles. The molecule has 0 aromatic rings. The Bertz CT molecular complexity index is 227. The van der Waals surface area contributed by atoms with Crippen LogP contribution in [0.1, 0.15) is 12.8 Å². The van der Waals surface area contributed by atoms with Crippen LogP contribution in [0.5, 0.6) is 0 Å². The summed E-state index contributed by atoms with van der Waals surface area (Å²) in [5.74, 6) is -0.317. The molecule has 15 heavy (non-hydrogen) atoms. The topological polar surface area (TPSA) is 32.3 Å². The number of likely N-dealkylation sites (tertiary alicyclic amines) is 1. The Hall–Kier alpha value is 0.921. The maximum atomic E-state index is 12.1. The smallest absolute Gasteiger partial charge is 0.448 e.